The number of furan rings is 1. The number of carbonyl (C=O) groups excluding carboxylic acids is 1. The summed E-state index contributed by atoms with van der Waals surface area (Å²) >= 11 is 1.28. The first-order chi connectivity index (χ1) is 15.6. The highest BCUT2D eigenvalue weighted by Crippen LogP contribution is 2.30. The Bertz CT molecular complexity index is 1480. The minimum atomic E-state index is -0.588. The lowest BCUT2D eigenvalue weighted by Crippen LogP contribution is -2.40. The number of nitrogens with zero attached hydrogens (tertiary/aromatic N) is 2. The molecule has 0 radical (unpaired) electrons. The molecule has 2 aromatic carbocycles. The first kappa shape index (κ1) is 20.0. The summed E-state index contributed by atoms with van der Waals surface area (Å²) in [6.07, 6.45) is 3.26. The van der Waals surface area contributed by atoms with Crippen molar-refractivity contribution in [3.8, 4) is 0 Å². The minimum absolute atomic E-state index is 0.212. The molecule has 5 rings (SSSR count). The van der Waals surface area contributed by atoms with Crippen LogP contribution < -0.4 is 20.2 Å². The van der Waals surface area contributed by atoms with Gasteiger partial charge in [0.25, 0.3) is 11.5 Å². The lowest BCUT2D eigenvalue weighted by Gasteiger charge is -2.25. The van der Waals surface area contributed by atoms with E-state index in [9.17, 15) is 9.59 Å². The molecule has 1 N–H and O–H groups in total. The summed E-state index contributed by atoms with van der Waals surface area (Å²) in [6, 6.07) is 21.8. The van der Waals surface area contributed by atoms with Crippen molar-refractivity contribution in [2.24, 2.45) is 4.99 Å². The van der Waals surface area contributed by atoms with Crippen molar-refractivity contribution in [1.82, 2.24) is 4.57 Å². The molecule has 0 spiro atoms. The molecule has 3 heterocycles. The van der Waals surface area contributed by atoms with Gasteiger partial charge >= 0.3 is 0 Å². The van der Waals surface area contributed by atoms with Gasteiger partial charge in [-0.3, -0.25) is 14.2 Å². The van der Waals surface area contributed by atoms with Gasteiger partial charge < -0.3 is 9.73 Å². The molecular weight excluding hydrogens is 422 g/mol. The molecule has 32 heavy (non-hydrogen) atoms. The largest absolute Gasteiger partial charge is 0.465 e. The maximum Gasteiger partial charge on any atom is 0.271 e. The van der Waals surface area contributed by atoms with Gasteiger partial charge in [0.1, 0.15) is 5.76 Å². The van der Waals surface area contributed by atoms with Gasteiger partial charge in [-0.2, -0.15) is 0 Å². The van der Waals surface area contributed by atoms with E-state index in [2.05, 4.69) is 10.3 Å². The minimum Gasteiger partial charge on any atom is -0.465 e. The van der Waals surface area contributed by atoms with Crippen molar-refractivity contribution in [2.45, 2.75) is 13.0 Å². The molecule has 158 valence electrons. The first-order valence-corrected chi connectivity index (χ1v) is 10.9. The Balaban J connectivity index is 1.68. The van der Waals surface area contributed by atoms with Crippen LogP contribution in [0.1, 0.15) is 24.3 Å². The second kappa shape index (κ2) is 8.28. The molecule has 0 bridgehead atoms. The number of nitrogens with one attached hydrogen (secondary N) is 1. The highest BCUT2D eigenvalue weighted by molar-refractivity contribution is 7.07. The number of aromatic nitrogens is 1. The van der Waals surface area contributed by atoms with Gasteiger partial charge in [0, 0.05) is 11.8 Å². The van der Waals surface area contributed by atoms with Crippen LogP contribution in [0.3, 0.4) is 0 Å². The fourth-order valence-corrected chi connectivity index (χ4v) is 4.81. The number of thiazole rings is 1. The van der Waals surface area contributed by atoms with Gasteiger partial charge in [0.2, 0.25) is 0 Å². The second-order valence-corrected chi connectivity index (χ2v) is 8.34. The van der Waals surface area contributed by atoms with E-state index in [-0.39, 0.29) is 11.5 Å². The Hall–Kier alpha value is -3.97. The average Bonchev–Trinajstić information content (AvgIpc) is 3.42. The lowest BCUT2D eigenvalue weighted by atomic mass is 9.95. The van der Waals surface area contributed by atoms with E-state index in [0.717, 1.165) is 5.56 Å². The predicted octanol–water partition coefficient (Wildman–Crippen LogP) is 3.47. The van der Waals surface area contributed by atoms with Crippen LogP contribution in [0.2, 0.25) is 0 Å². The molecule has 1 aliphatic heterocycles. The number of para-hydroxylation sites is 1. The number of amides is 1. The van der Waals surface area contributed by atoms with E-state index in [0.29, 0.717) is 32.1 Å². The highest BCUT2D eigenvalue weighted by Gasteiger charge is 2.32. The molecule has 7 heteroatoms. The van der Waals surface area contributed by atoms with Gasteiger partial charge in [-0.25, -0.2) is 4.99 Å². The molecule has 0 aliphatic carbocycles. The SMILES string of the molecule is CC1=C(C(=O)Nc2ccccc2)[C@H](c2ccccc2)n2c(s/c(=C/c3ccco3)c2=O)=N1. The number of benzene rings is 2. The number of carbonyl (C=O) groups is 1. The van der Waals surface area contributed by atoms with Crippen LogP contribution in [0.15, 0.2) is 105 Å². The molecule has 4 aromatic rings. The smallest absolute Gasteiger partial charge is 0.271 e. The molecule has 0 fully saturated rings. The van der Waals surface area contributed by atoms with Crippen LogP contribution in [0.5, 0.6) is 0 Å². The second-order valence-electron chi connectivity index (χ2n) is 7.33. The van der Waals surface area contributed by atoms with Gasteiger partial charge in [0.05, 0.1) is 28.1 Å². The standard InChI is InChI=1S/C25H19N3O3S/c1-16-21(23(29)27-18-11-6-3-7-12-18)22(17-9-4-2-5-10-17)28-24(30)20(32-25(28)26-16)15-19-13-8-14-31-19/h2-15,22H,1H3,(H,27,29)/b20-15+/t22-/m0/s1. The number of anilines is 1. The molecule has 1 aliphatic rings. The summed E-state index contributed by atoms with van der Waals surface area (Å²) in [5.41, 5.74) is 2.33. The highest BCUT2D eigenvalue weighted by atomic mass is 32.1. The van der Waals surface area contributed by atoms with Crippen LogP contribution in [-0.4, -0.2) is 10.5 Å². The fourth-order valence-electron chi connectivity index (χ4n) is 3.79. The van der Waals surface area contributed by atoms with E-state index in [1.165, 1.54) is 11.3 Å². The van der Waals surface area contributed by atoms with Crippen LogP contribution in [0, 0.1) is 0 Å². The van der Waals surface area contributed by atoms with Gasteiger partial charge in [-0.15, -0.1) is 0 Å². The number of rotatable bonds is 4. The maximum atomic E-state index is 13.4. The molecule has 0 unspecified atom stereocenters. The van der Waals surface area contributed by atoms with Crippen LogP contribution in [-0.2, 0) is 4.79 Å². The van der Waals surface area contributed by atoms with E-state index in [1.54, 1.807) is 36.0 Å². The molecule has 1 amide bonds. The molecule has 0 saturated heterocycles. The third kappa shape index (κ3) is 3.63. The number of fused-ring (bicyclic) bond motifs is 1. The van der Waals surface area contributed by atoms with Gasteiger partial charge in [-0.1, -0.05) is 59.9 Å². The summed E-state index contributed by atoms with van der Waals surface area (Å²) in [5.74, 6) is 0.302. The Labute approximate surface area is 187 Å². The fraction of sp³-hybridized carbons (Fsp3) is 0.0800. The Morgan fingerprint density at radius 2 is 1.78 bits per heavy atom. The topological polar surface area (TPSA) is 76.6 Å². The van der Waals surface area contributed by atoms with E-state index < -0.39 is 6.04 Å². The summed E-state index contributed by atoms with van der Waals surface area (Å²) in [6.45, 7) is 1.81. The summed E-state index contributed by atoms with van der Waals surface area (Å²) in [5, 5.41) is 2.94. The van der Waals surface area contributed by atoms with Crippen molar-refractivity contribution in [2.75, 3.05) is 5.32 Å². The van der Waals surface area contributed by atoms with Crippen molar-refractivity contribution in [3.05, 3.63) is 121 Å². The normalized spacial score (nSPS) is 15.9. The molecular formula is C25H19N3O3S. The quantitative estimate of drug-likeness (QED) is 0.527. The van der Waals surface area contributed by atoms with Crippen LogP contribution in [0.25, 0.3) is 6.08 Å². The van der Waals surface area contributed by atoms with Crippen LogP contribution in [0.4, 0.5) is 5.69 Å². The third-order valence-electron chi connectivity index (χ3n) is 5.23. The first-order valence-electron chi connectivity index (χ1n) is 10.1. The zero-order valence-electron chi connectivity index (χ0n) is 17.2. The van der Waals surface area contributed by atoms with Crippen molar-refractivity contribution in [3.63, 3.8) is 0 Å². The van der Waals surface area contributed by atoms with Crippen LogP contribution >= 0.6 is 11.3 Å². The van der Waals surface area contributed by atoms with E-state index >= 15 is 0 Å². The van der Waals surface area contributed by atoms with Gasteiger partial charge in [0.15, 0.2) is 4.80 Å². The molecule has 2 aromatic heterocycles. The van der Waals surface area contributed by atoms with E-state index in [4.69, 9.17) is 4.42 Å². The molecule has 0 saturated carbocycles. The Morgan fingerprint density at radius 1 is 1.06 bits per heavy atom. The number of hydrogen-bond acceptors (Lipinski definition) is 5. The number of allylic oxidation sites excluding steroid dienone is 1. The zero-order valence-corrected chi connectivity index (χ0v) is 18.0. The summed E-state index contributed by atoms with van der Waals surface area (Å²) < 4.78 is 7.48. The summed E-state index contributed by atoms with van der Waals surface area (Å²) in [4.78, 5) is 32.0. The Morgan fingerprint density at radius 3 is 2.47 bits per heavy atom. The predicted molar refractivity (Wildman–Crippen MR) is 124 cm³/mol. The zero-order chi connectivity index (χ0) is 22.1. The van der Waals surface area contributed by atoms with Crippen molar-refractivity contribution in [1.29, 1.82) is 0 Å². The molecule has 1 atom stereocenters. The van der Waals surface area contributed by atoms with Crippen molar-refractivity contribution >= 4 is 29.0 Å². The Kier molecular flexibility index (Phi) is 5.17. The maximum absolute atomic E-state index is 13.4. The lowest BCUT2D eigenvalue weighted by molar-refractivity contribution is -0.113. The third-order valence-corrected chi connectivity index (χ3v) is 6.21. The molecule has 6 nitrogen and oxygen atoms in total. The van der Waals surface area contributed by atoms with Crippen molar-refractivity contribution < 1.29 is 9.21 Å². The van der Waals surface area contributed by atoms with Gasteiger partial charge in [-0.05, 0) is 36.8 Å². The number of hydrogen-bond donors (Lipinski definition) is 1. The van der Waals surface area contributed by atoms with E-state index in [1.807, 2.05) is 60.7 Å². The monoisotopic (exact) mass is 441 g/mol. The summed E-state index contributed by atoms with van der Waals surface area (Å²) in [7, 11) is 0. The average molecular weight is 442 g/mol.